The zero-order chi connectivity index (χ0) is 28.3. The van der Waals surface area contributed by atoms with Gasteiger partial charge >= 0.3 is 0 Å². The van der Waals surface area contributed by atoms with Crippen molar-refractivity contribution >= 4 is 33.7 Å². The zero-order valence-corrected chi connectivity index (χ0v) is 18.9. The van der Waals surface area contributed by atoms with Gasteiger partial charge in [-0.3, -0.25) is 0 Å². The molecule has 18 heteroatoms. The molecule has 2 unspecified atom stereocenters. The Balaban J connectivity index is 1.63. The number of nitriles is 2. The smallest absolute Gasteiger partial charge is 0.225 e. The molecule has 0 spiro atoms. The molecule has 39 heavy (non-hydrogen) atoms. The van der Waals surface area contributed by atoms with Crippen LogP contribution in [0.2, 0.25) is 5.28 Å². The van der Waals surface area contributed by atoms with Gasteiger partial charge < -0.3 is 9.97 Å². The molecule has 5 aromatic rings. The standard InChI is InChI=1S/C21H4ClF8N9/c22-21-38-19(3(1-31)17-33-13-9(27)5(23)6(24)10(28)14(13)34-17)37-20(39-21)4(2-32)18-35-15-11(29)7(25)8(26)12(30)16(15)36-18/h3-4H,(H,33,34)(H,35,36). The van der Waals surface area contributed by atoms with E-state index in [9.17, 15) is 45.6 Å². The fraction of sp³-hybridized carbons (Fsp3) is 0.0952. The van der Waals surface area contributed by atoms with Gasteiger partial charge in [0.2, 0.25) is 5.28 Å². The minimum atomic E-state index is -2.15. The molecule has 5 rings (SSSR count). The Kier molecular flexibility index (Phi) is 6.03. The second-order valence-electron chi connectivity index (χ2n) is 7.65. The van der Waals surface area contributed by atoms with Crippen LogP contribution in [0.3, 0.4) is 0 Å². The van der Waals surface area contributed by atoms with Gasteiger partial charge in [0.15, 0.2) is 70.0 Å². The molecular formula is C21H4ClF8N9. The Hall–Kier alpha value is -4.90. The minimum absolute atomic E-state index is 0.584. The third-order valence-electron chi connectivity index (χ3n) is 5.42. The van der Waals surface area contributed by atoms with Gasteiger partial charge in [0.1, 0.15) is 33.7 Å². The number of imidazole rings is 2. The van der Waals surface area contributed by atoms with E-state index in [4.69, 9.17) is 11.6 Å². The summed E-state index contributed by atoms with van der Waals surface area (Å²) in [7, 11) is 0. The number of halogens is 9. The van der Waals surface area contributed by atoms with Crippen LogP contribution in [0, 0.1) is 69.2 Å². The van der Waals surface area contributed by atoms with Crippen LogP contribution in [-0.4, -0.2) is 34.9 Å². The summed E-state index contributed by atoms with van der Waals surface area (Å²) in [6.45, 7) is 0. The third-order valence-corrected chi connectivity index (χ3v) is 5.59. The van der Waals surface area contributed by atoms with Crippen molar-refractivity contribution in [3.63, 3.8) is 0 Å². The molecule has 0 fully saturated rings. The molecular weight excluding hydrogens is 566 g/mol. The topological polar surface area (TPSA) is 144 Å². The van der Waals surface area contributed by atoms with Gasteiger partial charge in [-0.05, 0) is 11.6 Å². The van der Waals surface area contributed by atoms with Crippen LogP contribution in [0.25, 0.3) is 22.1 Å². The van der Waals surface area contributed by atoms with Gasteiger partial charge in [0.25, 0.3) is 0 Å². The lowest BCUT2D eigenvalue weighted by molar-refractivity contribution is 0.417. The van der Waals surface area contributed by atoms with E-state index in [1.165, 1.54) is 0 Å². The minimum Gasteiger partial charge on any atom is -0.338 e. The summed E-state index contributed by atoms with van der Waals surface area (Å²) < 4.78 is 111. The van der Waals surface area contributed by atoms with Gasteiger partial charge in [-0.1, -0.05) is 0 Å². The Morgan fingerprint density at radius 1 is 0.538 bits per heavy atom. The van der Waals surface area contributed by atoms with Gasteiger partial charge in [-0.25, -0.2) is 60.0 Å². The van der Waals surface area contributed by atoms with E-state index in [-0.39, 0.29) is 0 Å². The molecule has 0 aliphatic heterocycles. The van der Waals surface area contributed by atoms with E-state index >= 15 is 0 Å². The van der Waals surface area contributed by atoms with Crippen molar-refractivity contribution in [2.75, 3.05) is 0 Å². The Bertz CT molecular complexity index is 1700. The van der Waals surface area contributed by atoms with Gasteiger partial charge in [-0.15, -0.1) is 0 Å². The average molecular weight is 570 g/mol. The highest BCUT2D eigenvalue weighted by molar-refractivity contribution is 6.28. The van der Waals surface area contributed by atoms with Crippen LogP contribution in [-0.2, 0) is 0 Å². The van der Waals surface area contributed by atoms with E-state index in [0.29, 0.717) is 0 Å². The average Bonchev–Trinajstić information content (AvgIpc) is 3.55. The lowest BCUT2D eigenvalue weighted by atomic mass is 10.1. The second-order valence-corrected chi connectivity index (χ2v) is 7.99. The molecule has 0 radical (unpaired) electrons. The second kappa shape index (κ2) is 9.14. The molecule has 2 atom stereocenters. The largest absolute Gasteiger partial charge is 0.338 e. The van der Waals surface area contributed by atoms with E-state index in [1.807, 2.05) is 0 Å². The van der Waals surface area contributed by atoms with Crippen molar-refractivity contribution in [2.45, 2.75) is 11.8 Å². The van der Waals surface area contributed by atoms with E-state index in [2.05, 4.69) is 34.9 Å². The molecule has 3 aromatic heterocycles. The van der Waals surface area contributed by atoms with Crippen molar-refractivity contribution < 1.29 is 35.1 Å². The number of aromatic amines is 2. The van der Waals surface area contributed by atoms with Crippen LogP contribution in [0.5, 0.6) is 0 Å². The van der Waals surface area contributed by atoms with Crippen molar-refractivity contribution in [1.82, 2.24) is 34.9 Å². The Morgan fingerprint density at radius 2 is 0.897 bits per heavy atom. The first kappa shape index (κ1) is 25.7. The van der Waals surface area contributed by atoms with Gasteiger partial charge in [-0.2, -0.15) is 10.5 Å². The van der Waals surface area contributed by atoms with Crippen molar-refractivity contribution in [3.8, 4) is 12.1 Å². The Labute approximate surface area is 213 Å². The molecule has 3 heterocycles. The molecule has 9 nitrogen and oxygen atoms in total. The maximum absolute atomic E-state index is 14.1. The number of H-pyrrole nitrogens is 2. The normalized spacial score (nSPS) is 13.0. The summed E-state index contributed by atoms with van der Waals surface area (Å²) in [5.74, 6) is -21.7. The number of nitrogens with zero attached hydrogens (tertiary/aromatic N) is 7. The van der Waals surface area contributed by atoms with Crippen LogP contribution < -0.4 is 0 Å². The number of fused-ring (bicyclic) bond motifs is 2. The lowest BCUT2D eigenvalue weighted by Crippen LogP contribution is -2.13. The summed E-state index contributed by atoms with van der Waals surface area (Å²) in [5.41, 5.74) is -3.80. The van der Waals surface area contributed by atoms with E-state index in [1.54, 1.807) is 12.1 Å². The number of aromatic nitrogens is 7. The predicted molar refractivity (Wildman–Crippen MR) is 112 cm³/mol. The number of hydrogen-bond acceptors (Lipinski definition) is 7. The molecule has 2 aromatic carbocycles. The molecule has 196 valence electrons. The van der Waals surface area contributed by atoms with Crippen LogP contribution >= 0.6 is 11.6 Å². The summed E-state index contributed by atoms with van der Waals surface area (Å²) >= 11 is 5.89. The van der Waals surface area contributed by atoms with Crippen molar-refractivity contribution in [3.05, 3.63) is 75.1 Å². The monoisotopic (exact) mass is 569 g/mol. The molecule has 0 saturated heterocycles. The van der Waals surface area contributed by atoms with Crippen LogP contribution in [0.15, 0.2) is 0 Å². The van der Waals surface area contributed by atoms with Gasteiger partial charge in [0, 0.05) is 0 Å². The SMILES string of the molecule is N#CC(c1nc(Cl)nc(C(C#N)c2nc3c(F)c(F)c(F)c(F)c3[nH]2)n1)c1nc2c(F)c(F)c(F)c(F)c2[nH]1. The Morgan fingerprint density at radius 3 is 1.26 bits per heavy atom. The molecule has 0 aliphatic carbocycles. The van der Waals surface area contributed by atoms with Crippen LogP contribution in [0.1, 0.15) is 35.1 Å². The highest BCUT2D eigenvalue weighted by atomic mass is 35.5. The summed E-state index contributed by atoms with van der Waals surface area (Å²) in [5, 5.41) is 18.7. The molecule has 2 N–H and O–H groups in total. The van der Waals surface area contributed by atoms with Crippen LogP contribution in [0.4, 0.5) is 35.1 Å². The number of hydrogen-bond donors (Lipinski definition) is 2. The fourth-order valence-corrected chi connectivity index (χ4v) is 3.80. The van der Waals surface area contributed by atoms with Crippen molar-refractivity contribution in [1.29, 1.82) is 10.5 Å². The van der Waals surface area contributed by atoms with Crippen molar-refractivity contribution in [2.24, 2.45) is 0 Å². The fourth-order valence-electron chi connectivity index (χ4n) is 3.63. The number of rotatable bonds is 4. The summed E-state index contributed by atoms with van der Waals surface area (Å²) in [6, 6.07) is 3.27. The molecule has 0 bridgehead atoms. The quantitative estimate of drug-likeness (QED) is 0.181. The molecule has 0 amide bonds. The first-order valence-corrected chi connectivity index (χ1v) is 10.5. The maximum atomic E-state index is 14.1. The maximum Gasteiger partial charge on any atom is 0.225 e. The molecule has 0 aliphatic rings. The first-order chi connectivity index (χ1) is 18.5. The third kappa shape index (κ3) is 3.86. The highest BCUT2D eigenvalue weighted by Crippen LogP contribution is 2.31. The summed E-state index contributed by atoms with van der Waals surface area (Å²) in [6.07, 6.45) is 0. The first-order valence-electron chi connectivity index (χ1n) is 10.1. The summed E-state index contributed by atoms with van der Waals surface area (Å²) in [4.78, 5) is 22.7. The highest BCUT2D eigenvalue weighted by Gasteiger charge is 2.31. The number of nitrogens with one attached hydrogen (secondary N) is 2. The van der Waals surface area contributed by atoms with E-state index in [0.717, 1.165) is 0 Å². The lowest BCUT2D eigenvalue weighted by Gasteiger charge is -2.09. The predicted octanol–water partition coefficient (Wildman–Crippen LogP) is 4.70. The van der Waals surface area contributed by atoms with E-state index < -0.39 is 109 Å². The zero-order valence-electron chi connectivity index (χ0n) is 18.2. The molecule has 0 saturated carbocycles. The van der Waals surface area contributed by atoms with Gasteiger partial charge in [0.05, 0.1) is 12.1 Å². The number of benzene rings is 2.